The van der Waals surface area contributed by atoms with Crippen LogP contribution >= 0.6 is 0 Å². The number of carbonyl (C=O) groups excluding carboxylic acids is 2. The zero-order chi connectivity index (χ0) is 24.4. The van der Waals surface area contributed by atoms with Gasteiger partial charge in [-0.25, -0.2) is 9.59 Å². The lowest BCUT2D eigenvalue weighted by Crippen LogP contribution is -2.09. The van der Waals surface area contributed by atoms with Crippen LogP contribution in [0.15, 0.2) is 48.5 Å². The summed E-state index contributed by atoms with van der Waals surface area (Å²) in [6, 6.07) is 13.4. The quantitative estimate of drug-likeness (QED) is 0.135. The van der Waals surface area contributed by atoms with Crippen LogP contribution in [-0.4, -0.2) is 25.2 Å². The van der Waals surface area contributed by atoms with Crippen molar-refractivity contribution in [1.29, 1.82) is 0 Å². The van der Waals surface area contributed by atoms with E-state index < -0.39 is 5.97 Å². The number of benzene rings is 2. The van der Waals surface area contributed by atoms with E-state index in [-0.39, 0.29) is 5.97 Å². The average Bonchev–Trinajstić information content (AvgIpc) is 2.86. The third-order valence-corrected chi connectivity index (χ3v) is 5.64. The minimum absolute atomic E-state index is 0.357. The van der Waals surface area contributed by atoms with Crippen LogP contribution in [0.5, 0.6) is 11.5 Å². The minimum Gasteiger partial charge on any atom is -0.494 e. The highest BCUT2D eigenvalue weighted by atomic mass is 16.5. The number of hydrogen-bond acceptors (Lipinski definition) is 5. The van der Waals surface area contributed by atoms with E-state index in [1.165, 1.54) is 51.4 Å². The number of hydrogen-bond donors (Lipinski definition) is 0. The lowest BCUT2D eigenvalue weighted by Gasteiger charge is -2.08. The zero-order valence-corrected chi connectivity index (χ0v) is 20.9. The molecule has 0 aromatic heterocycles. The van der Waals surface area contributed by atoms with E-state index in [9.17, 15) is 9.59 Å². The molecule has 0 heterocycles. The summed E-state index contributed by atoms with van der Waals surface area (Å²) >= 11 is 0. The molecule has 2 aromatic rings. The largest absolute Gasteiger partial charge is 0.494 e. The second kappa shape index (κ2) is 16.7. The van der Waals surface area contributed by atoms with Crippen molar-refractivity contribution in [1.82, 2.24) is 0 Å². The fourth-order valence-electron chi connectivity index (χ4n) is 3.54. The molecule has 0 spiro atoms. The Morgan fingerprint density at radius 3 is 1.62 bits per heavy atom. The molecule has 0 atom stereocenters. The minimum atomic E-state index is -0.454. The SMILES string of the molecule is CCCCCCCCOc1ccc(C(=O)Oc2ccc(C(=O)OCCCCCCC)cc2)cc1. The van der Waals surface area contributed by atoms with Gasteiger partial charge in [-0.05, 0) is 61.4 Å². The Hall–Kier alpha value is -2.82. The molecule has 0 unspecified atom stereocenters. The van der Waals surface area contributed by atoms with E-state index in [4.69, 9.17) is 14.2 Å². The molecule has 0 aliphatic heterocycles. The molecule has 5 heteroatoms. The summed E-state index contributed by atoms with van der Waals surface area (Å²) in [7, 11) is 0. The molecule has 186 valence electrons. The maximum atomic E-state index is 12.4. The van der Waals surface area contributed by atoms with Crippen LogP contribution in [0.3, 0.4) is 0 Å². The van der Waals surface area contributed by atoms with Crippen molar-refractivity contribution in [2.45, 2.75) is 84.5 Å². The first-order chi connectivity index (χ1) is 16.6. The van der Waals surface area contributed by atoms with E-state index in [2.05, 4.69) is 13.8 Å². The molecule has 0 aliphatic rings. The van der Waals surface area contributed by atoms with Crippen LogP contribution in [0.4, 0.5) is 0 Å². The number of ether oxygens (including phenoxy) is 3. The van der Waals surface area contributed by atoms with Crippen LogP contribution in [0, 0.1) is 0 Å². The van der Waals surface area contributed by atoms with Gasteiger partial charge in [-0.3, -0.25) is 0 Å². The van der Waals surface area contributed by atoms with Crippen LogP contribution < -0.4 is 9.47 Å². The predicted octanol–water partition coefficient (Wildman–Crippen LogP) is 7.77. The average molecular weight is 469 g/mol. The van der Waals surface area contributed by atoms with Gasteiger partial charge in [-0.15, -0.1) is 0 Å². The molecule has 0 N–H and O–H groups in total. The van der Waals surface area contributed by atoms with Gasteiger partial charge in [0.15, 0.2) is 0 Å². The third kappa shape index (κ3) is 10.9. The lowest BCUT2D eigenvalue weighted by molar-refractivity contribution is 0.0497. The molecule has 0 saturated heterocycles. The van der Waals surface area contributed by atoms with Crippen molar-refractivity contribution >= 4 is 11.9 Å². The summed E-state index contributed by atoms with van der Waals surface area (Å²) in [6.07, 6.45) is 12.8. The Balaban J connectivity index is 1.71. The van der Waals surface area contributed by atoms with Gasteiger partial charge in [-0.2, -0.15) is 0 Å². The van der Waals surface area contributed by atoms with Gasteiger partial charge in [0, 0.05) is 0 Å². The Labute approximate surface area is 204 Å². The molecule has 0 radical (unpaired) electrons. The first-order valence-electron chi connectivity index (χ1n) is 12.9. The van der Waals surface area contributed by atoms with Gasteiger partial charge in [0.25, 0.3) is 0 Å². The van der Waals surface area contributed by atoms with E-state index in [1.807, 2.05) is 0 Å². The maximum absolute atomic E-state index is 12.4. The standard InChI is InChI=1S/C29H40O5/c1-3-5-7-9-11-12-22-32-26-18-14-25(15-19-26)29(31)34-27-20-16-24(17-21-27)28(30)33-23-13-10-8-6-4-2/h14-21H,3-13,22-23H2,1-2H3. The van der Waals surface area contributed by atoms with E-state index in [0.29, 0.717) is 30.1 Å². The molecular weight excluding hydrogens is 428 g/mol. The van der Waals surface area contributed by atoms with Crippen molar-refractivity contribution in [2.75, 3.05) is 13.2 Å². The maximum Gasteiger partial charge on any atom is 0.343 e. The molecule has 34 heavy (non-hydrogen) atoms. The highest BCUT2D eigenvalue weighted by Gasteiger charge is 2.11. The Morgan fingerprint density at radius 2 is 1.03 bits per heavy atom. The van der Waals surface area contributed by atoms with Crippen LogP contribution in [0.25, 0.3) is 0 Å². The van der Waals surface area contributed by atoms with Crippen molar-refractivity contribution < 1.29 is 23.8 Å². The number of unbranched alkanes of at least 4 members (excludes halogenated alkanes) is 9. The summed E-state index contributed by atoms with van der Waals surface area (Å²) in [5, 5.41) is 0. The molecule has 2 rings (SSSR count). The van der Waals surface area contributed by atoms with E-state index in [0.717, 1.165) is 25.0 Å². The Morgan fingerprint density at radius 1 is 0.559 bits per heavy atom. The van der Waals surface area contributed by atoms with Crippen molar-refractivity contribution in [2.24, 2.45) is 0 Å². The van der Waals surface area contributed by atoms with Crippen molar-refractivity contribution in [3.05, 3.63) is 59.7 Å². The monoisotopic (exact) mass is 468 g/mol. The molecule has 5 nitrogen and oxygen atoms in total. The zero-order valence-electron chi connectivity index (χ0n) is 20.9. The number of esters is 2. The van der Waals surface area contributed by atoms with E-state index >= 15 is 0 Å². The van der Waals surface area contributed by atoms with Crippen LogP contribution in [-0.2, 0) is 4.74 Å². The molecule has 0 fully saturated rings. The van der Waals surface area contributed by atoms with Gasteiger partial charge in [0.1, 0.15) is 11.5 Å². The lowest BCUT2D eigenvalue weighted by atomic mass is 10.1. The second-order valence-electron chi connectivity index (χ2n) is 8.60. The highest BCUT2D eigenvalue weighted by molar-refractivity contribution is 5.92. The topological polar surface area (TPSA) is 61.8 Å². The Bertz CT molecular complexity index is 827. The molecule has 2 aromatic carbocycles. The molecule has 0 aliphatic carbocycles. The highest BCUT2D eigenvalue weighted by Crippen LogP contribution is 2.18. The summed E-state index contributed by atoms with van der Waals surface area (Å²) in [5.74, 6) is 0.317. The summed E-state index contributed by atoms with van der Waals surface area (Å²) in [5.41, 5.74) is 0.888. The van der Waals surface area contributed by atoms with Gasteiger partial charge in [-0.1, -0.05) is 71.6 Å². The first-order valence-corrected chi connectivity index (χ1v) is 12.9. The van der Waals surface area contributed by atoms with Gasteiger partial charge >= 0.3 is 11.9 Å². The number of rotatable bonds is 17. The summed E-state index contributed by atoms with van der Waals surface area (Å²) in [6.45, 7) is 5.50. The fourth-order valence-corrected chi connectivity index (χ4v) is 3.54. The van der Waals surface area contributed by atoms with E-state index in [1.54, 1.807) is 48.5 Å². The predicted molar refractivity (Wildman–Crippen MR) is 136 cm³/mol. The summed E-state index contributed by atoms with van der Waals surface area (Å²) in [4.78, 5) is 24.6. The van der Waals surface area contributed by atoms with Crippen molar-refractivity contribution in [3.8, 4) is 11.5 Å². The van der Waals surface area contributed by atoms with Crippen LogP contribution in [0.1, 0.15) is 105 Å². The molecule has 0 amide bonds. The molecule has 0 saturated carbocycles. The smallest absolute Gasteiger partial charge is 0.343 e. The molecular formula is C29H40O5. The van der Waals surface area contributed by atoms with Crippen LogP contribution in [0.2, 0.25) is 0 Å². The second-order valence-corrected chi connectivity index (χ2v) is 8.60. The van der Waals surface area contributed by atoms with Gasteiger partial charge < -0.3 is 14.2 Å². The normalized spacial score (nSPS) is 10.6. The first kappa shape index (κ1) is 27.4. The third-order valence-electron chi connectivity index (χ3n) is 5.64. The van der Waals surface area contributed by atoms with Gasteiger partial charge in [0.05, 0.1) is 24.3 Å². The van der Waals surface area contributed by atoms with Crippen molar-refractivity contribution in [3.63, 3.8) is 0 Å². The molecule has 0 bridgehead atoms. The summed E-state index contributed by atoms with van der Waals surface area (Å²) < 4.78 is 16.5. The Kier molecular flexibility index (Phi) is 13.5. The fraction of sp³-hybridized carbons (Fsp3) is 0.517. The van der Waals surface area contributed by atoms with Gasteiger partial charge in [0.2, 0.25) is 0 Å². The number of carbonyl (C=O) groups is 2.